The number of rotatable bonds is 4. The van der Waals surface area contributed by atoms with Gasteiger partial charge in [0, 0.05) is 23.4 Å². The first-order valence-corrected chi connectivity index (χ1v) is 8.41. The van der Waals surface area contributed by atoms with Crippen LogP contribution in [0.4, 0.5) is 0 Å². The Morgan fingerprint density at radius 1 is 1.22 bits per heavy atom. The Labute approximate surface area is 136 Å². The monoisotopic (exact) mass is 307 g/mol. The number of carboxylic acids is 1. The topological polar surface area (TPSA) is 50.2 Å². The van der Waals surface area contributed by atoms with Crippen LogP contribution >= 0.6 is 0 Å². The van der Waals surface area contributed by atoms with Crippen LogP contribution in [-0.4, -0.2) is 16.1 Å². The minimum absolute atomic E-state index is 0.651. The lowest BCUT2D eigenvalue weighted by molar-refractivity contribution is -0.147. The van der Waals surface area contributed by atoms with Gasteiger partial charge in [0.25, 0.3) is 0 Å². The standard InChI is InChI=1S/C20H21NO2/c1-13-11-18(15-3-4-15)21-12-17(13)14-5-7-16(8-6-14)20(19(22)23)9-2-10-20/h5-8,11-12,15H,2-4,9-10H2,1H3,(H,22,23). The van der Waals surface area contributed by atoms with E-state index in [9.17, 15) is 9.90 Å². The van der Waals surface area contributed by atoms with Gasteiger partial charge in [-0.25, -0.2) is 0 Å². The summed E-state index contributed by atoms with van der Waals surface area (Å²) in [6.45, 7) is 2.13. The van der Waals surface area contributed by atoms with Crippen LogP contribution in [0.2, 0.25) is 0 Å². The molecular formula is C20H21NO2. The van der Waals surface area contributed by atoms with E-state index < -0.39 is 11.4 Å². The minimum atomic E-state index is -0.692. The van der Waals surface area contributed by atoms with Crippen LogP contribution < -0.4 is 0 Å². The number of aromatic nitrogens is 1. The fourth-order valence-electron chi connectivity index (χ4n) is 3.61. The predicted molar refractivity (Wildman–Crippen MR) is 89.5 cm³/mol. The van der Waals surface area contributed by atoms with Crippen LogP contribution in [0.3, 0.4) is 0 Å². The van der Waals surface area contributed by atoms with Crippen LogP contribution in [-0.2, 0) is 10.2 Å². The van der Waals surface area contributed by atoms with E-state index in [2.05, 4.69) is 18.0 Å². The summed E-state index contributed by atoms with van der Waals surface area (Å²) in [5.74, 6) is -0.0256. The summed E-state index contributed by atoms with van der Waals surface area (Å²) < 4.78 is 0. The number of aryl methyl sites for hydroxylation is 1. The average Bonchev–Trinajstić information content (AvgIpc) is 3.31. The first-order chi connectivity index (χ1) is 11.1. The first-order valence-electron chi connectivity index (χ1n) is 8.41. The molecule has 0 aliphatic heterocycles. The maximum atomic E-state index is 11.6. The van der Waals surface area contributed by atoms with Crippen molar-refractivity contribution in [3.05, 3.63) is 53.3 Å². The van der Waals surface area contributed by atoms with Crippen LogP contribution in [0, 0.1) is 6.92 Å². The molecule has 4 rings (SSSR count). The molecule has 2 aliphatic carbocycles. The highest BCUT2D eigenvalue weighted by atomic mass is 16.4. The van der Waals surface area contributed by atoms with Crippen molar-refractivity contribution in [2.75, 3.05) is 0 Å². The van der Waals surface area contributed by atoms with Crippen molar-refractivity contribution < 1.29 is 9.90 Å². The lowest BCUT2D eigenvalue weighted by atomic mass is 9.64. The van der Waals surface area contributed by atoms with Crippen molar-refractivity contribution >= 4 is 5.97 Å². The molecule has 1 heterocycles. The second kappa shape index (κ2) is 5.19. The third-order valence-electron chi connectivity index (χ3n) is 5.49. The maximum Gasteiger partial charge on any atom is 0.314 e. The minimum Gasteiger partial charge on any atom is -0.481 e. The van der Waals surface area contributed by atoms with Gasteiger partial charge in [-0.15, -0.1) is 0 Å². The Hall–Kier alpha value is -2.16. The molecule has 0 unspecified atom stereocenters. The summed E-state index contributed by atoms with van der Waals surface area (Å²) in [7, 11) is 0. The molecule has 0 saturated heterocycles. The second-order valence-electron chi connectivity index (χ2n) is 7.02. The average molecular weight is 307 g/mol. The molecule has 23 heavy (non-hydrogen) atoms. The lowest BCUT2D eigenvalue weighted by Gasteiger charge is -2.38. The van der Waals surface area contributed by atoms with Crippen molar-refractivity contribution in [1.29, 1.82) is 0 Å². The summed E-state index contributed by atoms with van der Waals surface area (Å²) in [4.78, 5) is 16.2. The van der Waals surface area contributed by atoms with Gasteiger partial charge in [-0.2, -0.15) is 0 Å². The van der Waals surface area contributed by atoms with E-state index >= 15 is 0 Å². The molecule has 1 N–H and O–H groups in total. The Morgan fingerprint density at radius 3 is 2.39 bits per heavy atom. The number of carbonyl (C=O) groups is 1. The van der Waals surface area contributed by atoms with Gasteiger partial charge in [0.05, 0.1) is 5.41 Å². The molecule has 2 saturated carbocycles. The molecule has 0 spiro atoms. The Morgan fingerprint density at radius 2 is 1.91 bits per heavy atom. The molecule has 0 radical (unpaired) electrons. The van der Waals surface area contributed by atoms with Gasteiger partial charge in [0.1, 0.15) is 0 Å². The first kappa shape index (κ1) is 14.4. The van der Waals surface area contributed by atoms with Crippen LogP contribution in [0.1, 0.15) is 54.8 Å². The molecule has 0 bridgehead atoms. The molecule has 1 aromatic heterocycles. The van der Waals surface area contributed by atoms with Gasteiger partial charge in [-0.1, -0.05) is 30.7 Å². The van der Waals surface area contributed by atoms with E-state index in [-0.39, 0.29) is 0 Å². The molecular weight excluding hydrogens is 286 g/mol. The molecule has 2 fully saturated rings. The number of aliphatic carboxylic acids is 1. The highest BCUT2D eigenvalue weighted by molar-refractivity contribution is 5.83. The van der Waals surface area contributed by atoms with Gasteiger partial charge in [0.15, 0.2) is 0 Å². The molecule has 1 aromatic carbocycles. The van der Waals surface area contributed by atoms with E-state index in [4.69, 9.17) is 0 Å². The largest absolute Gasteiger partial charge is 0.481 e. The summed E-state index contributed by atoms with van der Waals surface area (Å²) in [6.07, 6.45) is 6.99. The molecule has 2 aliphatic rings. The van der Waals surface area contributed by atoms with E-state index in [1.807, 2.05) is 30.5 Å². The number of benzene rings is 1. The van der Waals surface area contributed by atoms with E-state index in [1.165, 1.54) is 24.1 Å². The molecule has 118 valence electrons. The zero-order valence-corrected chi connectivity index (χ0v) is 13.4. The second-order valence-corrected chi connectivity index (χ2v) is 7.02. The lowest BCUT2D eigenvalue weighted by Crippen LogP contribution is -2.42. The van der Waals surface area contributed by atoms with Crippen molar-refractivity contribution in [3.8, 4) is 11.1 Å². The van der Waals surface area contributed by atoms with Crippen LogP contribution in [0.5, 0.6) is 0 Å². The molecule has 3 nitrogen and oxygen atoms in total. The summed E-state index contributed by atoms with van der Waals surface area (Å²) in [5.41, 5.74) is 4.98. The van der Waals surface area contributed by atoms with Crippen molar-refractivity contribution in [2.24, 2.45) is 0 Å². The molecule has 3 heteroatoms. The predicted octanol–water partition coefficient (Wildman–Crippen LogP) is 4.44. The zero-order valence-electron chi connectivity index (χ0n) is 13.4. The zero-order chi connectivity index (χ0) is 16.0. The number of hydrogen-bond donors (Lipinski definition) is 1. The summed E-state index contributed by atoms with van der Waals surface area (Å²) in [5, 5.41) is 9.55. The van der Waals surface area contributed by atoms with E-state index in [0.717, 1.165) is 36.0 Å². The number of nitrogens with zero attached hydrogens (tertiary/aromatic N) is 1. The summed E-state index contributed by atoms with van der Waals surface area (Å²) in [6, 6.07) is 10.2. The Kier molecular flexibility index (Phi) is 3.26. The summed E-state index contributed by atoms with van der Waals surface area (Å²) >= 11 is 0. The van der Waals surface area contributed by atoms with Gasteiger partial charge in [-0.05, 0) is 55.4 Å². The molecule has 0 atom stereocenters. The number of hydrogen-bond acceptors (Lipinski definition) is 2. The van der Waals surface area contributed by atoms with E-state index in [0.29, 0.717) is 5.92 Å². The van der Waals surface area contributed by atoms with Gasteiger partial charge in [-0.3, -0.25) is 9.78 Å². The highest BCUT2D eigenvalue weighted by Crippen LogP contribution is 2.44. The maximum absolute atomic E-state index is 11.6. The Balaban J connectivity index is 1.64. The smallest absolute Gasteiger partial charge is 0.314 e. The number of pyridine rings is 1. The third kappa shape index (κ3) is 2.35. The fraction of sp³-hybridized carbons (Fsp3) is 0.400. The third-order valence-corrected chi connectivity index (χ3v) is 5.49. The SMILES string of the molecule is Cc1cc(C2CC2)ncc1-c1ccc(C2(C(=O)O)CCC2)cc1. The van der Waals surface area contributed by atoms with Crippen molar-refractivity contribution in [1.82, 2.24) is 4.98 Å². The van der Waals surface area contributed by atoms with Gasteiger partial charge < -0.3 is 5.11 Å². The van der Waals surface area contributed by atoms with Crippen molar-refractivity contribution in [2.45, 2.75) is 50.4 Å². The van der Waals surface area contributed by atoms with Gasteiger partial charge in [0.2, 0.25) is 0 Å². The fourth-order valence-corrected chi connectivity index (χ4v) is 3.61. The molecule has 0 amide bonds. The normalized spacial score (nSPS) is 19.2. The van der Waals surface area contributed by atoms with Gasteiger partial charge >= 0.3 is 5.97 Å². The Bertz CT molecular complexity index is 756. The molecule has 2 aromatic rings. The quantitative estimate of drug-likeness (QED) is 0.908. The van der Waals surface area contributed by atoms with Crippen LogP contribution in [0.15, 0.2) is 36.5 Å². The van der Waals surface area contributed by atoms with Crippen molar-refractivity contribution in [3.63, 3.8) is 0 Å². The number of carboxylic acid groups (broad SMARTS) is 1. The van der Waals surface area contributed by atoms with E-state index in [1.54, 1.807) is 0 Å². The van der Waals surface area contributed by atoms with Crippen LogP contribution in [0.25, 0.3) is 11.1 Å². The highest BCUT2D eigenvalue weighted by Gasteiger charge is 2.45.